The van der Waals surface area contributed by atoms with Gasteiger partial charge in [0, 0.05) is 11.0 Å². The van der Waals surface area contributed by atoms with Gasteiger partial charge in [-0.1, -0.05) is 27.7 Å². The Bertz CT molecular complexity index is 783. The summed E-state index contributed by atoms with van der Waals surface area (Å²) in [5.41, 5.74) is 0.950. The lowest BCUT2D eigenvalue weighted by Gasteiger charge is -2.23. The fraction of sp³-hybridized carbons (Fsp3) is 0.643. The highest BCUT2D eigenvalue weighted by atomic mass is 32.2. The molecule has 8 nitrogen and oxygen atoms in total. The summed E-state index contributed by atoms with van der Waals surface area (Å²) in [5, 5.41) is 13.5. The van der Waals surface area contributed by atoms with Gasteiger partial charge in [-0.25, -0.2) is 18.5 Å². The first-order valence-electron chi connectivity index (χ1n) is 7.39. The van der Waals surface area contributed by atoms with Crippen LogP contribution in [0.2, 0.25) is 0 Å². The van der Waals surface area contributed by atoms with Crippen molar-refractivity contribution in [2.24, 2.45) is 16.5 Å². The van der Waals surface area contributed by atoms with Gasteiger partial charge in [-0.15, -0.1) is 14.8 Å². The lowest BCUT2D eigenvalue weighted by molar-refractivity contribution is 0.188. The first-order valence-corrected chi connectivity index (χ1v) is 9.10. The summed E-state index contributed by atoms with van der Waals surface area (Å²) in [6.45, 7) is 7.95. The van der Waals surface area contributed by atoms with Crippen LogP contribution in [0.3, 0.4) is 0 Å². The molecule has 2 aromatic heterocycles. The minimum Gasteiger partial charge on any atom is -0.476 e. The van der Waals surface area contributed by atoms with Crippen molar-refractivity contribution in [2.75, 3.05) is 12.4 Å². The molecule has 0 bridgehead atoms. The number of hydrogen-bond donors (Lipinski definition) is 1. The molecular weight excluding hydrogens is 318 g/mol. The second-order valence-corrected chi connectivity index (χ2v) is 8.55. The predicted octanol–water partition coefficient (Wildman–Crippen LogP) is 1.02. The maximum atomic E-state index is 11.3. The Labute approximate surface area is 136 Å². The van der Waals surface area contributed by atoms with Gasteiger partial charge in [0.2, 0.25) is 15.9 Å². The van der Waals surface area contributed by atoms with Crippen LogP contribution in [-0.4, -0.2) is 40.6 Å². The monoisotopic (exact) mass is 341 g/mol. The molecule has 0 saturated heterocycles. The average molecular weight is 341 g/mol. The number of fused-ring (bicyclic) bond motifs is 1. The Hall–Kier alpha value is -1.74. The molecule has 0 unspecified atom stereocenters. The van der Waals surface area contributed by atoms with E-state index in [0.717, 1.165) is 12.0 Å². The van der Waals surface area contributed by atoms with Crippen LogP contribution in [0.25, 0.3) is 5.65 Å². The van der Waals surface area contributed by atoms with Crippen molar-refractivity contribution >= 4 is 15.7 Å². The summed E-state index contributed by atoms with van der Waals surface area (Å²) in [5.74, 6) is 0.701. The molecule has 0 aliphatic carbocycles. The highest BCUT2D eigenvalue weighted by molar-refractivity contribution is 7.89. The van der Waals surface area contributed by atoms with E-state index in [2.05, 4.69) is 29.0 Å². The topological polar surface area (TPSA) is 112 Å². The van der Waals surface area contributed by atoms with E-state index >= 15 is 0 Å². The van der Waals surface area contributed by atoms with Crippen molar-refractivity contribution in [1.29, 1.82) is 0 Å². The predicted molar refractivity (Wildman–Crippen MR) is 86.6 cm³/mol. The molecular formula is C14H23N5O3S. The van der Waals surface area contributed by atoms with Crippen molar-refractivity contribution in [3.63, 3.8) is 0 Å². The molecule has 0 aliphatic rings. The molecule has 0 radical (unpaired) electrons. The molecule has 2 rings (SSSR count). The van der Waals surface area contributed by atoms with E-state index in [-0.39, 0.29) is 12.4 Å². The summed E-state index contributed by atoms with van der Waals surface area (Å²) in [4.78, 5) is 4.12. The van der Waals surface area contributed by atoms with Crippen LogP contribution in [0, 0.1) is 11.3 Å². The third-order valence-electron chi connectivity index (χ3n) is 3.14. The minimum atomic E-state index is -3.57. The van der Waals surface area contributed by atoms with Crippen molar-refractivity contribution in [3.8, 4) is 5.88 Å². The Kier molecular flexibility index (Phi) is 4.90. The third kappa shape index (κ3) is 5.14. The minimum absolute atomic E-state index is 0.162. The highest BCUT2D eigenvalue weighted by Crippen LogP contribution is 2.24. The van der Waals surface area contributed by atoms with Crippen LogP contribution in [0.5, 0.6) is 5.88 Å². The molecule has 0 atom stereocenters. The van der Waals surface area contributed by atoms with E-state index in [4.69, 9.17) is 9.88 Å². The largest absolute Gasteiger partial charge is 0.476 e. The fourth-order valence-electron chi connectivity index (χ4n) is 2.34. The van der Waals surface area contributed by atoms with Gasteiger partial charge in [0.1, 0.15) is 6.33 Å². The zero-order valence-electron chi connectivity index (χ0n) is 13.9. The van der Waals surface area contributed by atoms with Gasteiger partial charge in [0.05, 0.1) is 12.4 Å². The van der Waals surface area contributed by atoms with Crippen LogP contribution >= 0.6 is 0 Å². The zero-order chi connectivity index (χ0) is 17.3. The van der Waals surface area contributed by atoms with Crippen molar-refractivity contribution in [1.82, 2.24) is 19.8 Å². The van der Waals surface area contributed by atoms with Gasteiger partial charge in [0.15, 0.2) is 5.65 Å². The third-order valence-corrected chi connectivity index (χ3v) is 4.32. The van der Waals surface area contributed by atoms with Gasteiger partial charge >= 0.3 is 0 Å². The van der Waals surface area contributed by atoms with Gasteiger partial charge in [-0.2, -0.15) is 0 Å². The molecule has 23 heavy (non-hydrogen) atoms. The summed E-state index contributed by atoms with van der Waals surface area (Å²) >= 11 is 0. The number of nitrogens with zero attached hydrogens (tertiary/aromatic N) is 4. The second-order valence-electron chi connectivity index (χ2n) is 6.94. The smallest absolute Gasteiger partial charge is 0.236 e. The SMILES string of the molecule is CC(C)Cc1cc2ncnn2nc1OCC(C)(C)CS(N)(=O)=O. The number of hydrogen-bond acceptors (Lipinski definition) is 6. The molecule has 0 saturated carbocycles. The lowest BCUT2D eigenvalue weighted by atomic mass is 9.98. The number of aromatic nitrogens is 4. The number of ether oxygens (including phenoxy) is 1. The van der Waals surface area contributed by atoms with Crippen molar-refractivity contribution in [3.05, 3.63) is 18.0 Å². The quantitative estimate of drug-likeness (QED) is 0.804. The summed E-state index contributed by atoms with van der Waals surface area (Å²) in [7, 11) is -3.57. The van der Waals surface area contributed by atoms with Gasteiger partial charge in [0.25, 0.3) is 0 Å². The van der Waals surface area contributed by atoms with Crippen LogP contribution in [-0.2, 0) is 16.4 Å². The number of rotatable bonds is 7. The number of sulfonamides is 1. The molecule has 0 aliphatic heterocycles. The van der Waals surface area contributed by atoms with E-state index < -0.39 is 15.4 Å². The lowest BCUT2D eigenvalue weighted by Crippen LogP contribution is -2.34. The van der Waals surface area contributed by atoms with Crippen molar-refractivity contribution in [2.45, 2.75) is 34.1 Å². The Morgan fingerprint density at radius 2 is 2.09 bits per heavy atom. The van der Waals surface area contributed by atoms with E-state index in [0.29, 0.717) is 17.4 Å². The molecule has 2 N–H and O–H groups in total. The first kappa shape index (κ1) is 17.6. The molecule has 2 aromatic rings. The van der Waals surface area contributed by atoms with E-state index in [1.54, 1.807) is 13.8 Å². The highest BCUT2D eigenvalue weighted by Gasteiger charge is 2.26. The molecule has 0 fully saturated rings. The van der Waals surface area contributed by atoms with E-state index in [1.807, 2.05) is 6.07 Å². The van der Waals surface area contributed by atoms with Gasteiger partial charge in [-0.05, 0) is 18.4 Å². The van der Waals surface area contributed by atoms with E-state index in [1.165, 1.54) is 11.0 Å². The van der Waals surface area contributed by atoms with Crippen LogP contribution in [0.4, 0.5) is 0 Å². The molecule has 9 heteroatoms. The first-order chi connectivity index (χ1) is 10.6. The van der Waals surface area contributed by atoms with Crippen molar-refractivity contribution < 1.29 is 13.2 Å². The van der Waals surface area contributed by atoms with Gasteiger partial charge < -0.3 is 4.74 Å². The summed E-state index contributed by atoms with van der Waals surface area (Å²) in [6, 6.07) is 1.89. The molecule has 0 spiro atoms. The number of primary sulfonamides is 1. The Morgan fingerprint density at radius 3 is 2.70 bits per heavy atom. The Morgan fingerprint density at radius 1 is 1.39 bits per heavy atom. The molecule has 0 amide bonds. The molecule has 128 valence electrons. The van der Waals surface area contributed by atoms with Crippen LogP contribution in [0.1, 0.15) is 33.3 Å². The summed E-state index contributed by atoms with van der Waals surface area (Å²) < 4.78 is 29.8. The Balaban J connectivity index is 2.23. The van der Waals surface area contributed by atoms with Gasteiger partial charge in [-0.3, -0.25) is 0 Å². The average Bonchev–Trinajstić information content (AvgIpc) is 2.79. The normalized spacial score (nSPS) is 13.0. The molecule has 2 heterocycles. The van der Waals surface area contributed by atoms with Crippen LogP contribution < -0.4 is 9.88 Å². The maximum Gasteiger partial charge on any atom is 0.236 e. The van der Waals surface area contributed by atoms with Crippen LogP contribution in [0.15, 0.2) is 12.4 Å². The fourth-order valence-corrected chi connectivity index (χ4v) is 3.51. The standard InChI is InChI=1S/C14H23N5O3S/c1-10(2)5-11-6-12-16-9-17-19(12)18-13(11)22-7-14(3,4)8-23(15,20)21/h6,9-10H,5,7-8H2,1-4H3,(H2,15,20,21). The number of nitrogens with two attached hydrogens (primary N) is 1. The molecule has 0 aromatic carbocycles. The second kappa shape index (κ2) is 6.40. The maximum absolute atomic E-state index is 11.3. The van der Waals surface area contributed by atoms with E-state index in [9.17, 15) is 8.42 Å². The summed E-state index contributed by atoms with van der Waals surface area (Å²) in [6.07, 6.45) is 2.21. The zero-order valence-corrected chi connectivity index (χ0v) is 14.7.